The Labute approximate surface area is 95.4 Å². The van der Waals surface area contributed by atoms with E-state index in [1.165, 1.54) is 0 Å². The molecule has 0 aliphatic heterocycles. The van der Waals surface area contributed by atoms with Gasteiger partial charge in [0.1, 0.15) is 0 Å². The van der Waals surface area contributed by atoms with Crippen LogP contribution in [0.4, 0.5) is 0 Å². The van der Waals surface area contributed by atoms with Crippen LogP contribution in [-0.4, -0.2) is 20.4 Å². The van der Waals surface area contributed by atoms with Crippen molar-refractivity contribution in [2.75, 3.05) is 0 Å². The number of hydrogen-bond acceptors (Lipinski definition) is 2. The summed E-state index contributed by atoms with van der Waals surface area (Å²) in [7, 11) is 0. The van der Waals surface area contributed by atoms with Gasteiger partial charge in [0, 0.05) is 34.4 Å². The van der Waals surface area contributed by atoms with E-state index in [0.29, 0.717) is 12.8 Å². The highest BCUT2D eigenvalue weighted by molar-refractivity contribution is 5.37. The number of H-pyrrole nitrogens is 4. The summed E-state index contributed by atoms with van der Waals surface area (Å²) in [6.45, 7) is 0. The van der Waals surface area contributed by atoms with Crippen LogP contribution in [0.15, 0.2) is 9.59 Å². The first-order chi connectivity index (χ1) is 8.24. The van der Waals surface area contributed by atoms with Crippen molar-refractivity contribution in [3.8, 4) is 0 Å². The maximum atomic E-state index is 11.6. The molecule has 6 nitrogen and oxygen atoms in total. The number of rotatable bonds is 0. The third kappa shape index (κ3) is 1.05. The van der Waals surface area contributed by atoms with E-state index >= 15 is 0 Å². The van der Waals surface area contributed by atoms with Crippen LogP contribution in [0.5, 0.6) is 0 Å². The molecule has 88 valence electrons. The number of hydrogen-bond donors (Lipinski definition) is 4. The molecule has 4 rings (SSSR count). The van der Waals surface area contributed by atoms with E-state index in [0.717, 1.165) is 28.9 Å². The largest absolute Gasteiger partial charge is 0.302 e. The number of aromatic amines is 4. The van der Waals surface area contributed by atoms with Crippen LogP contribution in [0.2, 0.25) is 0 Å². The molecule has 2 aromatic heterocycles. The Morgan fingerprint density at radius 3 is 1.71 bits per heavy atom. The van der Waals surface area contributed by atoms with Crippen LogP contribution in [0.3, 0.4) is 0 Å². The molecule has 0 fully saturated rings. The maximum absolute atomic E-state index is 11.6. The van der Waals surface area contributed by atoms with Crippen molar-refractivity contribution < 1.29 is 0 Å². The molecule has 0 saturated heterocycles. The lowest BCUT2D eigenvalue weighted by molar-refractivity contribution is 0.443. The zero-order chi connectivity index (χ0) is 11.6. The van der Waals surface area contributed by atoms with Crippen molar-refractivity contribution in [2.45, 2.75) is 31.1 Å². The van der Waals surface area contributed by atoms with E-state index in [1.54, 1.807) is 0 Å². The van der Waals surface area contributed by atoms with E-state index in [1.807, 2.05) is 0 Å². The summed E-state index contributed by atoms with van der Waals surface area (Å²) < 4.78 is 0. The Bertz CT molecular complexity index is 641. The highest BCUT2D eigenvalue weighted by Gasteiger charge is 2.38. The SMILES string of the molecule is O=c1[nH][nH]c2c1C[C@@H]1C[C@H]2Cc2c1[nH][nH]c2=O. The molecular weight excluding hydrogens is 220 g/mol. The summed E-state index contributed by atoms with van der Waals surface area (Å²) >= 11 is 0. The van der Waals surface area contributed by atoms with E-state index < -0.39 is 0 Å². The molecule has 2 atom stereocenters. The molecular formula is C11H12N4O2. The normalized spacial score (nSPS) is 25.4. The molecule has 2 aliphatic carbocycles. The second kappa shape index (κ2) is 2.82. The fourth-order valence-corrected chi connectivity index (χ4v) is 3.34. The molecule has 2 bridgehead atoms. The minimum Gasteiger partial charge on any atom is -0.302 e. The maximum Gasteiger partial charge on any atom is 0.267 e. The van der Waals surface area contributed by atoms with Gasteiger partial charge in [-0.3, -0.25) is 19.8 Å². The van der Waals surface area contributed by atoms with Crippen molar-refractivity contribution >= 4 is 0 Å². The Hall–Kier alpha value is -1.98. The van der Waals surface area contributed by atoms with Gasteiger partial charge in [-0.15, -0.1) is 0 Å². The molecule has 6 heteroatoms. The second-order valence-corrected chi connectivity index (χ2v) is 4.98. The van der Waals surface area contributed by atoms with Crippen LogP contribution in [0, 0.1) is 0 Å². The van der Waals surface area contributed by atoms with Gasteiger partial charge in [-0.05, 0) is 19.3 Å². The van der Waals surface area contributed by atoms with Gasteiger partial charge < -0.3 is 10.2 Å². The first-order valence-electron chi connectivity index (χ1n) is 5.83. The van der Waals surface area contributed by atoms with Gasteiger partial charge in [0.15, 0.2) is 0 Å². The summed E-state index contributed by atoms with van der Waals surface area (Å²) in [5, 5.41) is 11.2. The zero-order valence-electron chi connectivity index (χ0n) is 9.09. The van der Waals surface area contributed by atoms with Gasteiger partial charge in [-0.25, -0.2) is 0 Å². The van der Waals surface area contributed by atoms with Gasteiger partial charge in [0.05, 0.1) is 0 Å². The fraction of sp³-hybridized carbons (Fsp3) is 0.455. The first-order valence-corrected chi connectivity index (χ1v) is 5.83. The van der Waals surface area contributed by atoms with Crippen molar-refractivity contribution in [3.05, 3.63) is 43.2 Å². The minimum absolute atomic E-state index is 0.0176. The molecule has 0 spiro atoms. The molecule has 0 saturated carbocycles. The van der Waals surface area contributed by atoms with Gasteiger partial charge >= 0.3 is 0 Å². The van der Waals surface area contributed by atoms with Crippen LogP contribution in [0.1, 0.15) is 40.8 Å². The molecule has 17 heavy (non-hydrogen) atoms. The third-order valence-corrected chi connectivity index (χ3v) is 4.11. The molecule has 0 unspecified atom stereocenters. The van der Waals surface area contributed by atoms with Crippen LogP contribution in [0.25, 0.3) is 0 Å². The molecule has 2 aliphatic rings. The number of aromatic nitrogens is 4. The Morgan fingerprint density at radius 1 is 0.765 bits per heavy atom. The van der Waals surface area contributed by atoms with E-state index in [9.17, 15) is 9.59 Å². The third-order valence-electron chi connectivity index (χ3n) is 4.11. The zero-order valence-corrected chi connectivity index (χ0v) is 9.09. The van der Waals surface area contributed by atoms with E-state index in [4.69, 9.17) is 0 Å². The second-order valence-electron chi connectivity index (χ2n) is 4.98. The van der Waals surface area contributed by atoms with E-state index in [2.05, 4.69) is 20.4 Å². The Morgan fingerprint density at radius 2 is 1.24 bits per heavy atom. The average molecular weight is 232 g/mol. The Kier molecular flexibility index (Phi) is 1.51. The molecule has 0 aromatic carbocycles. The van der Waals surface area contributed by atoms with Crippen molar-refractivity contribution in [3.63, 3.8) is 0 Å². The van der Waals surface area contributed by atoms with Crippen molar-refractivity contribution in [1.82, 2.24) is 20.4 Å². The average Bonchev–Trinajstić information content (AvgIpc) is 2.86. The van der Waals surface area contributed by atoms with E-state index in [-0.39, 0.29) is 23.0 Å². The molecule has 0 radical (unpaired) electrons. The van der Waals surface area contributed by atoms with Crippen molar-refractivity contribution in [1.29, 1.82) is 0 Å². The lowest BCUT2D eigenvalue weighted by Crippen LogP contribution is -2.28. The molecule has 0 amide bonds. The number of nitrogens with one attached hydrogen (secondary N) is 4. The summed E-state index contributed by atoms with van der Waals surface area (Å²) in [5.41, 5.74) is 3.68. The van der Waals surface area contributed by atoms with Gasteiger partial charge in [-0.2, -0.15) is 0 Å². The van der Waals surface area contributed by atoms with Gasteiger partial charge in [0.2, 0.25) is 0 Å². The monoisotopic (exact) mass is 232 g/mol. The molecule has 2 aromatic rings. The predicted molar refractivity (Wildman–Crippen MR) is 60.3 cm³/mol. The lowest BCUT2D eigenvalue weighted by atomic mass is 9.71. The summed E-state index contributed by atoms with van der Waals surface area (Å²) in [6.07, 6.45) is 2.43. The van der Waals surface area contributed by atoms with Crippen LogP contribution >= 0.6 is 0 Å². The first kappa shape index (κ1) is 9.09. The molecule has 2 heterocycles. The quantitative estimate of drug-likeness (QED) is 0.517. The fourth-order valence-electron chi connectivity index (χ4n) is 3.34. The molecule has 4 N–H and O–H groups in total. The van der Waals surface area contributed by atoms with Crippen molar-refractivity contribution in [2.24, 2.45) is 0 Å². The Balaban J connectivity index is 1.93. The summed E-state index contributed by atoms with van der Waals surface area (Å²) in [5.74, 6) is 0.541. The summed E-state index contributed by atoms with van der Waals surface area (Å²) in [4.78, 5) is 23.3. The van der Waals surface area contributed by atoms with Gasteiger partial charge in [-0.1, -0.05) is 0 Å². The lowest BCUT2D eigenvalue weighted by Gasteiger charge is -2.32. The predicted octanol–water partition coefficient (Wildman–Crippen LogP) is 0.0891. The standard InChI is InChI=1S/C11H12N4O2/c16-10-6-2-4-1-5(9(6)13-14-10)3-7-8(4)12-15-11(7)17/h4-5H,1-3H2,(H2,12,15,17)(H2,13,14,16)/t4-,5-/m0/s1. The van der Waals surface area contributed by atoms with Gasteiger partial charge in [0.25, 0.3) is 11.1 Å². The highest BCUT2D eigenvalue weighted by Crippen LogP contribution is 2.43. The topological polar surface area (TPSA) is 97.3 Å². The highest BCUT2D eigenvalue weighted by atomic mass is 16.1. The minimum atomic E-state index is -0.0176. The number of fused-ring (bicyclic) bond motifs is 6. The van der Waals surface area contributed by atoms with Crippen LogP contribution < -0.4 is 11.1 Å². The summed E-state index contributed by atoms with van der Waals surface area (Å²) in [6, 6.07) is 0. The smallest absolute Gasteiger partial charge is 0.267 e. The van der Waals surface area contributed by atoms with Crippen LogP contribution in [-0.2, 0) is 12.8 Å².